The van der Waals surface area contributed by atoms with Gasteiger partial charge in [0.25, 0.3) is 5.91 Å². The second kappa shape index (κ2) is 6.21. The predicted octanol–water partition coefficient (Wildman–Crippen LogP) is 1.78. The second-order valence-electron chi connectivity index (χ2n) is 4.66. The van der Waals surface area contributed by atoms with Gasteiger partial charge in [-0.05, 0) is 18.6 Å². The summed E-state index contributed by atoms with van der Waals surface area (Å²) in [6.45, 7) is 1.76. The molecular formula is C15H15NO5. The third-order valence-corrected chi connectivity index (χ3v) is 3.14. The van der Waals surface area contributed by atoms with Crippen LogP contribution in [0.2, 0.25) is 0 Å². The van der Waals surface area contributed by atoms with Crippen molar-refractivity contribution in [1.82, 2.24) is 5.32 Å². The lowest BCUT2D eigenvalue weighted by molar-refractivity contribution is -0.137. The molecule has 0 aliphatic heterocycles. The van der Waals surface area contributed by atoms with Gasteiger partial charge in [0.05, 0.1) is 6.42 Å². The van der Waals surface area contributed by atoms with E-state index >= 15 is 0 Å². The predicted molar refractivity (Wildman–Crippen MR) is 76.3 cm³/mol. The minimum atomic E-state index is -1.01. The van der Waals surface area contributed by atoms with E-state index in [1.54, 1.807) is 31.2 Å². The molecule has 6 heteroatoms. The number of carboxylic acids is 1. The van der Waals surface area contributed by atoms with Gasteiger partial charge in [0.1, 0.15) is 11.1 Å². The van der Waals surface area contributed by atoms with E-state index in [0.29, 0.717) is 17.4 Å². The molecule has 1 atom stereocenters. The molecule has 2 rings (SSSR count). The number of fused-ring (bicyclic) bond motifs is 1. The first kappa shape index (κ1) is 14.8. The van der Waals surface area contributed by atoms with Crippen molar-refractivity contribution in [1.29, 1.82) is 0 Å². The maximum atomic E-state index is 12.1. The van der Waals surface area contributed by atoms with Crippen LogP contribution in [0.1, 0.15) is 30.1 Å². The third-order valence-electron chi connectivity index (χ3n) is 3.14. The van der Waals surface area contributed by atoms with Crippen molar-refractivity contribution in [3.8, 4) is 0 Å². The van der Waals surface area contributed by atoms with Gasteiger partial charge in [-0.25, -0.2) is 4.79 Å². The molecule has 0 saturated carbocycles. The van der Waals surface area contributed by atoms with Crippen molar-refractivity contribution in [2.24, 2.45) is 0 Å². The van der Waals surface area contributed by atoms with Crippen LogP contribution in [-0.2, 0) is 4.79 Å². The lowest BCUT2D eigenvalue weighted by Gasteiger charge is -2.14. The highest BCUT2D eigenvalue weighted by Gasteiger charge is 2.18. The van der Waals surface area contributed by atoms with Crippen LogP contribution in [0.15, 0.2) is 39.5 Å². The largest absolute Gasteiger partial charge is 0.481 e. The number of hydrogen-bond donors (Lipinski definition) is 2. The number of carbonyl (C=O) groups is 2. The number of benzene rings is 1. The van der Waals surface area contributed by atoms with Crippen molar-refractivity contribution in [3.05, 3.63) is 46.3 Å². The molecule has 1 heterocycles. The first-order chi connectivity index (χ1) is 10.0. The van der Waals surface area contributed by atoms with Crippen molar-refractivity contribution >= 4 is 22.8 Å². The molecule has 0 saturated heterocycles. The first-order valence-electron chi connectivity index (χ1n) is 6.56. The van der Waals surface area contributed by atoms with E-state index in [2.05, 4.69) is 5.32 Å². The molecule has 1 unspecified atom stereocenters. The average Bonchev–Trinajstić information content (AvgIpc) is 2.45. The Balaban J connectivity index is 2.28. The van der Waals surface area contributed by atoms with Crippen LogP contribution in [0.3, 0.4) is 0 Å². The standard InChI is InChI=1S/C15H15NO5/c1-2-10(8-13(17)18)16-14(19)11-7-9-5-3-4-6-12(9)21-15(11)20/h3-7,10H,2,8H2,1H3,(H,16,19)(H,17,18). The summed E-state index contributed by atoms with van der Waals surface area (Å²) in [5.74, 6) is -1.63. The van der Waals surface area contributed by atoms with E-state index < -0.39 is 23.5 Å². The van der Waals surface area contributed by atoms with E-state index in [-0.39, 0.29) is 12.0 Å². The number of amides is 1. The number of nitrogens with one attached hydrogen (secondary N) is 1. The van der Waals surface area contributed by atoms with E-state index in [1.165, 1.54) is 6.07 Å². The van der Waals surface area contributed by atoms with Gasteiger partial charge in [0, 0.05) is 11.4 Å². The van der Waals surface area contributed by atoms with E-state index in [0.717, 1.165) is 0 Å². The van der Waals surface area contributed by atoms with Crippen LogP contribution in [0, 0.1) is 0 Å². The molecule has 0 fully saturated rings. The Hall–Kier alpha value is -2.63. The number of hydrogen-bond acceptors (Lipinski definition) is 4. The van der Waals surface area contributed by atoms with Crippen LogP contribution >= 0.6 is 0 Å². The lowest BCUT2D eigenvalue weighted by Crippen LogP contribution is -2.38. The minimum absolute atomic E-state index is 0.127. The highest BCUT2D eigenvalue weighted by molar-refractivity contribution is 5.96. The molecule has 110 valence electrons. The van der Waals surface area contributed by atoms with Crippen molar-refractivity contribution in [2.45, 2.75) is 25.8 Å². The Labute approximate surface area is 120 Å². The normalized spacial score (nSPS) is 12.0. The van der Waals surface area contributed by atoms with Crippen LogP contribution in [0.4, 0.5) is 0 Å². The summed E-state index contributed by atoms with van der Waals surface area (Å²) < 4.78 is 5.08. The Morgan fingerprint density at radius 2 is 2.05 bits per heavy atom. The van der Waals surface area contributed by atoms with Crippen LogP contribution in [0.25, 0.3) is 11.0 Å². The minimum Gasteiger partial charge on any atom is -0.481 e. The van der Waals surface area contributed by atoms with E-state index in [1.807, 2.05) is 0 Å². The molecule has 0 radical (unpaired) electrons. The molecule has 1 aromatic carbocycles. The number of rotatable bonds is 5. The Kier molecular flexibility index (Phi) is 4.37. The van der Waals surface area contributed by atoms with Gasteiger partial charge in [0.2, 0.25) is 0 Å². The summed E-state index contributed by atoms with van der Waals surface area (Å²) in [7, 11) is 0. The number of para-hydroxylation sites is 1. The Morgan fingerprint density at radius 3 is 2.71 bits per heavy atom. The fourth-order valence-corrected chi connectivity index (χ4v) is 1.99. The summed E-state index contributed by atoms with van der Waals surface area (Å²) in [4.78, 5) is 34.6. The molecule has 0 bridgehead atoms. The summed E-state index contributed by atoms with van der Waals surface area (Å²) in [5.41, 5.74) is -0.467. The molecule has 1 aromatic heterocycles. The molecule has 1 amide bonds. The second-order valence-corrected chi connectivity index (χ2v) is 4.66. The van der Waals surface area contributed by atoms with Crippen molar-refractivity contribution in [2.75, 3.05) is 0 Å². The van der Waals surface area contributed by atoms with E-state index in [9.17, 15) is 14.4 Å². The van der Waals surface area contributed by atoms with Crippen molar-refractivity contribution < 1.29 is 19.1 Å². The zero-order valence-electron chi connectivity index (χ0n) is 11.5. The SMILES string of the molecule is CCC(CC(=O)O)NC(=O)c1cc2ccccc2oc1=O. The molecule has 0 aliphatic carbocycles. The van der Waals surface area contributed by atoms with Gasteiger partial charge < -0.3 is 14.8 Å². The first-order valence-corrected chi connectivity index (χ1v) is 6.56. The molecule has 6 nitrogen and oxygen atoms in total. The maximum absolute atomic E-state index is 12.1. The smallest absolute Gasteiger partial charge is 0.349 e. The maximum Gasteiger partial charge on any atom is 0.349 e. The van der Waals surface area contributed by atoms with E-state index in [4.69, 9.17) is 9.52 Å². The number of carbonyl (C=O) groups excluding carboxylic acids is 1. The van der Waals surface area contributed by atoms with Gasteiger partial charge >= 0.3 is 11.6 Å². The molecular weight excluding hydrogens is 274 g/mol. The zero-order valence-corrected chi connectivity index (χ0v) is 11.5. The summed E-state index contributed by atoms with van der Waals surface area (Å²) in [6.07, 6.45) is 0.262. The van der Waals surface area contributed by atoms with Gasteiger partial charge in [-0.15, -0.1) is 0 Å². The molecule has 2 aromatic rings. The molecule has 0 aliphatic rings. The monoisotopic (exact) mass is 289 g/mol. The van der Waals surface area contributed by atoms with Crippen LogP contribution in [-0.4, -0.2) is 23.0 Å². The Bertz CT molecular complexity index is 734. The highest BCUT2D eigenvalue weighted by Crippen LogP contribution is 2.12. The van der Waals surface area contributed by atoms with Gasteiger partial charge in [-0.3, -0.25) is 9.59 Å². The molecule has 0 spiro atoms. The molecule has 2 N–H and O–H groups in total. The van der Waals surface area contributed by atoms with Crippen LogP contribution < -0.4 is 10.9 Å². The van der Waals surface area contributed by atoms with Gasteiger partial charge in [0.15, 0.2) is 0 Å². The van der Waals surface area contributed by atoms with Crippen LogP contribution in [0.5, 0.6) is 0 Å². The fraction of sp³-hybridized carbons (Fsp3) is 0.267. The summed E-state index contributed by atoms with van der Waals surface area (Å²) in [6, 6.07) is 7.78. The number of carboxylic acid groups (broad SMARTS) is 1. The average molecular weight is 289 g/mol. The third kappa shape index (κ3) is 3.47. The quantitative estimate of drug-likeness (QED) is 0.818. The number of aliphatic carboxylic acids is 1. The van der Waals surface area contributed by atoms with Gasteiger partial charge in [-0.1, -0.05) is 25.1 Å². The van der Waals surface area contributed by atoms with Gasteiger partial charge in [-0.2, -0.15) is 0 Å². The highest BCUT2D eigenvalue weighted by atomic mass is 16.4. The summed E-state index contributed by atoms with van der Waals surface area (Å²) >= 11 is 0. The Morgan fingerprint density at radius 1 is 1.33 bits per heavy atom. The lowest BCUT2D eigenvalue weighted by atomic mass is 10.1. The fourth-order valence-electron chi connectivity index (χ4n) is 1.99. The summed E-state index contributed by atoms with van der Waals surface area (Å²) in [5, 5.41) is 11.9. The zero-order chi connectivity index (χ0) is 15.4. The van der Waals surface area contributed by atoms with Crippen molar-refractivity contribution in [3.63, 3.8) is 0 Å². The topological polar surface area (TPSA) is 96.6 Å². The molecule has 21 heavy (non-hydrogen) atoms.